The molecule has 0 saturated heterocycles. The van der Waals surface area contributed by atoms with Crippen molar-refractivity contribution in [3.63, 3.8) is 0 Å². The fraction of sp³-hybridized carbons (Fsp3) is 0.235. The van der Waals surface area contributed by atoms with E-state index in [1.54, 1.807) is 7.11 Å². The number of hydrogen-bond acceptors (Lipinski definition) is 3. The highest BCUT2D eigenvalue weighted by molar-refractivity contribution is 5.76. The van der Waals surface area contributed by atoms with Crippen LogP contribution in [0.5, 0.6) is 5.75 Å². The van der Waals surface area contributed by atoms with Gasteiger partial charge in [0.2, 0.25) is 0 Å². The second kappa shape index (κ2) is 7.45. The van der Waals surface area contributed by atoms with Gasteiger partial charge in [-0.05, 0) is 23.3 Å². The number of aliphatic carboxylic acids is 1. The van der Waals surface area contributed by atoms with Crippen molar-refractivity contribution >= 4 is 5.97 Å². The molecule has 0 radical (unpaired) electrons. The van der Waals surface area contributed by atoms with E-state index >= 15 is 0 Å². The van der Waals surface area contributed by atoms with Crippen LogP contribution in [-0.4, -0.2) is 24.7 Å². The van der Waals surface area contributed by atoms with Crippen molar-refractivity contribution in [1.82, 2.24) is 5.32 Å². The Labute approximate surface area is 124 Å². The smallest absolute Gasteiger partial charge is 0.312 e. The molecule has 4 heteroatoms. The first kappa shape index (κ1) is 15.1. The Morgan fingerprint density at radius 2 is 1.95 bits per heavy atom. The van der Waals surface area contributed by atoms with Crippen LogP contribution in [0.15, 0.2) is 54.6 Å². The number of carbonyl (C=O) groups is 1. The molecule has 2 aromatic carbocycles. The first-order valence-electron chi connectivity index (χ1n) is 6.82. The molecule has 0 fully saturated rings. The summed E-state index contributed by atoms with van der Waals surface area (Å²) in [5, 5.41) is 12.5. The zero-order valence-corrected chi connectivity index (χ0v) is 12.0. The minimum atomic E-state index is -0.820. The number of ether oxygens (including phenoxy) is 1. The fourth-order valence-electron chi connectivity index (χ4n) is 2.18. The second-order valence-electron chi connectivity index (χ2n) is 4.78. The van der Waals surface area contributed by atoms with Gasteiger partial charge in [-0.1, -0.05) is 42.5 Å². The van der Waals surface area contributed by atoms with E-state index in [1.165, 1.54) is 0 Å². The minimum absolute atomic E-state index is 0.385. The summed E-state index contributed by atoms with van der Waals surface area (Å²) in [5.41, 5.74) is 1.87. The summed E-state index contributed by atoms with van der Waals surface area (Å²) in [4.78, 5) is 11.4. The van der Waals surface area contributed by atoms with Crippen LogP contribution in [0.25, 0.3) is 0 Å². The van der Waals surface area contributed by atoms with Gasteiger partial charge in [-0.25, -0.2) is 0 Å². The third kappa shape index (κ3) is 4.33. The lowest BCUT2D eigenvalue weighted by molar-refractivity contribution is -0.138. The standard InChI is InChI=1S/C17H19NO3/c1-21-15-9-5-6-13(10-15)11-18-12-16(17(19)20)14-7-3-2-4-8-14/h2-10,16,18H,11-12H2,1H3,(H,19,20). The Morgan fingerprint density at radius 1 is 1.19 bits per heavy atom. The lowest BCUT2D eigenvalue weighted by atomic mass is 9.99. The average molecular weight is 285 g/mol. The molecule has 2 rings (SSSR count). The van der Waals surface area contributed by atoms with Crippen LogP contribution >= 0.6 is 0 Å². The predicted molar refractivity (Wildman–Crippen MR) is 81.5 cm³/mol. The molecule has 0 bridgehead atoms. The molecule has 0 aliphatic carbocycles. The lowest BCUT2D eigenvalue weighted by Gasteiger charge is -2.14. The summed E-state index contributed by atoms with van der Waals surface area (Å²) >= 11 is 0. The number of rotatable bonds is 7. The highest BCUT2D eigenvalue weighted by Crippen LogP contribution is 2.16. The van der Waals surface area contributed by atoms with E-state index in [0.29, 0.717) is 13.1 Å². The van der Waals surface area contributed by atoms with E-state index in [0.717, 1.165) is 16.9 Å². The van der Waals surface area contributed by atoms with Gasteiger partial charge in [0.15, 0.2) is 0 Å². The van der Waals surface area contributed by atoms with Crippen LogP contribution in [0.3, 0.4) is 0 Å². The average Bonchev–Trinajstić information content (AvgIpc) is 2.52. The number of carboxylic acid groups (broad SMARTS) is 1. The van der Waals surface area contributed by atoms with Crippen molar-refractivity contribution in [2.45, 2.75) is 12.5 Å². The van der Waals surface area contributed by atoms with Gasteiger partial charge in [-0.15, -0.1) is 0 Å². The van der Waals surface area contributed by atoms with Gasteiger partial charge in [0.1, 0.15) is 5.75 Å². The third-order valence-corrected chi connectivity index (χ3v) is 3.31. The van der Waals surface area contributed by atoms with Gasteiger partial charge >= 0.3 is 5.97 Å². The zero-order valence-electron chi connectivity index (χ0n) is 12.0. The van der Waals surface area contributed by atoms with Crippen molar-refractivity contribution in [2.24, 2.45) is 0 Å². The van der Waals surface area contributed by atoms with Crippen molar-refractivity contribution in [1.29, 1.82) is 0 Å². The predicted octanol–water partition coefficient (Wildman–Crippen LogP) is 2.65. The second-order valence-corrected chi connectivity index (χ2v) is 4.78. The largest absolute Gasteiger partial charge is 0.497 e. The van der Waals surface area contributed by atoms with Crippen LogP contribution in [0.2, 0.25) is 0 Å². The molecule has 0 aliphatic heterocycles. The van der Waals surface area contributed by atoms with E-state index in [-0.39, 0.29) is 0 Å². The number of nitrogens with one attached hydrogen (secondary N) is 1. The Hall–Kier alpha value is -2.33. The van der Waals surface area contributed by atoms with E-state index < -0.39 is 11.9 Å². The van der Waals surface area contributed by atoms with Crippen LogP contribution in [-0.2, 0) is 11.3 Å². The SMILES string of the molecule is COc1cccc(CNCC(C(=O)O)c2ccccc2)c1. The van der Waals surface area contributed by atoms with E-state index in [1.807, 2.05) is 54.6 Å². The molecule has 110 valence electrons. The maximum absolute atomic E-state index is 11.4. The van der Waals surface area contributed by atoms with Crippen molar-refractivity contribution in [2.75, 3.05) is 13.7 Å². The first-order chi connectivity index (χ1) is 10.2. The van der Waals surface area contributed by atoms with Crippen molar-refractivity contribution in [3.05, 3.63) is 65.7 Å². The molecule has 4 nitrogen and oxygen atoms in total. The van der Waals surface area contributed by atoms with Crippen LogP contribution in [0, 0.1) is 0 Å². The summed E-state index contributed by atoms with van der Waals surface area (Å²) in [6.07, 6.45) is 0. The molecule has 0 heterocycles. The normalized spacial score (nSPS) is 11.9. The minimum Gasteiger partial charge on any atom is -0.497 e. The molecule has 0 amide bonds. The quantitative estimate of drug-likeness (QED) is 0.821. The fourth-order valence-corrected chi connectivity index (χ4v) is 2.18. The summed E-state index contributed by atoms with van der Waals surface area (Å²) in [5.74, 6) is -0.566. The molecule has 0 spiro atoms. The first-order valence-corrected chi connectivity index (χ1v) is 6.82. The molecule has 1 unspecified atom stereocenters. The topological polar surface area (TPSA) is 58.6 Å². The van der Waals surface area contributed by atoms with Gasteiger partial charge in [-0.3, -0.25) is 4.79 Å². The van der Waals surface area contributed by atoms with Crippen molar-refractivity contribution < 1.29 is 14.6 Å². The van der Waals surface area contributed by atoms with Crippen molar-refractivity contribution in [3.8, 4) is 5.75 Å². The van der Waals surface area contributed by atoms with Crippen LogP contribution < -0.4 is 10.1 Å². The molecule has 21 heavy (non-hydrogen) atoms. The number of benzene rings is 2. The monoisotopic (exact) mass is 285 g/mol. The lowest BCUT2D eigenvalue weighted by Crippen LogP contribution is -2.26. The summed E-state index contributed by atoms with van der Waals surface area (Å²) < 4.78 is 5.17. The van der Waals surface area contributed by atoms with Gasteiger partial charge < -0.3 is 15.2 Å². The van der Waals surface area contributed by atoms with Gasteiger partial charge in [-0.2, -0.15) is 0 Å². The maximum Gasteiger partial charge on any atom is 0.312 e. The molecule has 0 aliphatic rings. The summed E-state index contributed by atoms with van der Waals surface area (Å²) in [6, 6.07) is 17.0. The molecular formula is C17H19NO3. The van der Waals surface area contributed by atoms with Crippen LogP contribution in [0.1, 0.15) is 17.0 Å². The van der Waals surface area contributed by atoms with E-state index in [4.69, 9.17) is 4.74 Å². The Morgan fingerprint density at radius 3 is 2.62 bits per heavy atom. The zero-order chi connectivity index (χ0) is 15.1. The summed E-state index contributed by atoms with van der Waals surface area (Å²) in [7, 11) is 1.63. The maximum atomic E-state index is 11.4. The highest BCUT2D eigenvalue weighted by atomic mass is 16.5. The molecule has 1 atom stereocenters. The van der Waals surface area contributed by atoms with E-state index in [9.17, 15) is 9.90 Å². The molecule has 2 N–H and O–H groups in total. The Kier molecular flexibility index (Phi) is 5.35. The molecule has 0 aromatic heterocycles. The van der Waals surface area contributed by atoms with Gasteiger partial charge in [0.05, 0.1) is 13.0 Å². The van der Waals surface area contributed by atoms with E-state index in [2.05, 4.69) is 5.32 Å². The number of methoxy groups -OCH3 is 1. The van der Waals surface area contributed by atoms with Crippen LogP contribution in [0.4, 0.5) is 0 Å². The molecular weight excluding hydrogens is 266 g/mol. The number of carboxylic acids is 1. The number of hydrogen-bond donors (Lipinski definition) is 2. The Bertz CT molecular complexity index is 584. The van der Waals surface area contributed by atoms with Gasteiger partial charge in [0.25, 0.3) is 0 Å². The summed E-state index contributed by atoms with van der Waals surface area (Å²) in [6.45, 7) is 0.990. The highest BCUT2D eigenvalue weighted by Gasteiger charge is 2.18. The third-order valence-electron chi connectivity index (χ3n) is 3.31. The molecule has 2 aromatic rings. The van der Waals surface area contributed by atoms with Gasteiger partial charge in [0, 0.05) is 13.1 Å². The Balaban J connectivity index is 1.95. The molecule has 0 saturated carbocycles.